The van der Waals surface area contributed by atoms with E-state index in [4.69, 9.17) is 4.74 Å². The molecule has 26 heavy (non-hydrogen) atoms. The molecule has 3 amide bonds. The zero-order valence-corrected chi connectivity index (χ0v) is 14.6. The molecule has 1 aromatic rings. The van der Waals surface area contributed by atoms with Crippen LogP contribution in [0.25, 0.3) is 0 Å². The largest absolute Gasteiger partial charge is 0.467 e. The number of rotatable bonds is 8. The molecule has 0 aromatic heterocycles. The molecular weight excluding hydrogens is 340 g/mol. The number of amides is 3. The second-order valence-electron chi connectivity index (χ2n) is 5.86. The predicted octanol–water partition coefficient (Wildman–Crippen LogP) is 1.38. The fourth-order valence-corrected chi connectivity index (χ4v) is 2.62. The smallest absolute Gasteiger partial charge is 0.408 e. The summed E-state index contributed by atoms with van der Waals surface area (Å²) in [5, 5.41) is 2.46. The van der Waals surface area contributed by atoms with Crippen molar-refractivity contribution in [3.8, 4) is 0 Å². The number of nitrogens with one attached hydrogen (secondary N) is 1. The summed E-state index contributed by atoms with van der Waals surface area (Å²) in [6, 6.07) is 8.23. The van der Waals surface area contributed by atoms with Gasteiger partial charge in [0.25, 0.3) is 0 Å². The van der Waals surface area contributed by atoms with E-state index in [0.717, 1.165) is 5.56 Å². The number of carbonyl (C=O) groups excluding carboxylic acids is 4. The Morgan fingerprint density at radius 3 is 2.42 bits per heavy atom. The summed E-state index contributed by atoms with van der Waals surface area (Å²) in [7, 11) is 1.22. The number of methoxy groups -OCH3 is 1. The molecule has 2 rings (SSSR count). The van der Waals surface area contributed by atoms with E-state index in [0.29, 0.717) is 6.42 Å². The van der Waals surface area contributed by atoms with Crippen LogP contribution in [0.5, 0.6) is 0 Å². The average Bonchev–Trinajstić information content (AvgIpc) is 2.97. The van der Waals surface area contributed by atoms with Crippen LogP contribution in [0.15, 0.2) is 30.3 Å². The van der Waals surface area contributed by atoms with Crippen molar-refractivity contribution >= 4 is 23.9 Å². The summed E-state index contributed by atoms with van der Waals surface area (Å²) in [5.74, 6) is -1.03. The minimum Gasteiger partial charge on any atom is -0.467 e. The van der Waals surface area contributed by atoms with Gasteiger partial charge < -0.3 is 14.8 Å². The Hall–Kier alpha value is -2.90. The molecule has 1 fully saturated rings. The summed E-state index contributed by atoms with van der Waals surface area (Å²) in [5.41, 5.74) is 0.823. The normalized spacial score (nSPS) is 14.9. The number of nitrogens with zero attached hydrogens (tertiary/aromatic N) is 1. The number of imide groups is 1. The lowest BCUT2D eigenvalue weighted by atomic mass is 10.1. The summed E-state index contributed by atoms with van der Waals surface area (Å²) in [6.45, 7) is 0.295. The monoisotopic (exact) mass is 362 g/mol. The highest BCUT2D eigenvalue weighted by atomic mass is 16.6. The number of ether oxygens (including phenoxy) is 2. The van der Waals surface area contributed by atoms with Gasteiger partial charge in [-0.2, -0.15) is 0 Å². The van der Waals surface area contributed by atoms with Gasteiger partial charge in [-0.3, -0.25) is 14.5 Å². The molecule has 0 unspecified atom stereocenters. The van der Waals surface area contributed by atoms with Crippen LogP contribution < -0.4 is 5.32 Å². The number of benzene rings is 1. The fraction of sp³-hybridized carbons (Fsp3) is 0.444. The number of esters is 1. The van der Waals surface area contributed by atoms with Gasteiger partial charge >= 0.3 is 12.1 Å². The van der Waals surface area contributed by atoms with Gasteiger partial charge in [0, 0.05) is 19.4 Å². The lowest BCUT2D eigenvalue weighted by Crippen LogP contribution is -2.42. The highest BCUT2D eigenvalue weighted by Gasteiger charge is 2.29. The molecule has 8 nitrogen and oxygen atoms in total. The lowest BCUT2D eigenvalue weighted by Gasteiger charge is -2.18. The van der Waals surface area contributed by atoms with Crippen molar-refractivity contribution in [1.82, 2.24) is 10.2 Å². The van der Waals surface area contributed by atoms with E-state index in [1.807, 2.05) is 30.3 Å². The van der Waals surface area contributed by atoms with E-state index in [-0.39, 0.29) is 44.2 Å². The Morgan fingerprint density at radius 2 is 1.81 bits per heavy atom. The number of likely N-dealkylation sites (tertiary alicyclic amines) is 1. The molecule has 1 saturated heterocycles. The van der Waals surface area contributed by atoms with Crippen LogP contribution in [-0.2, 0) is 30.5 Å². The Bertz CT molecular complexity index is 645. The molecule has 0 radical (unpaired) electrons. The van der Waals surface area contributed by atoms with E-state index >= 15 is 0 Å². The van der Waals surface area contributed by atoms with Crippen LogP contribution >= 0.6 is 0 Å². The molecule has 1 aliphatic heterocycles. The number of carbonyl (C=O) groups is 4. The topological polar surface area (TPSA) is 102 Å². The molecule has 1 aliphatic rings. The van der Waals surface area contributed by atoms with Gasteiger partial charge in [-0.1, -0.05) is 30.3 Å². The second kappa shape index (κ2) is 9.55. The van der Waals surface area contributed by atoms with Gasteiger partial charge in [-0.15, -0.1) is 0 Å². The molecule has 140 valence electrons. The fourth-order valence-electron chi connectivity index (χ4n) is 2.62. The predicted molar refractivity (Wildman–Crippen MR) is 90.8 cm³/mol. The molecule has 1 atom stereocenters. The number of hydrogen-bond donors (Lipinski definition) is 1. The number of alkyl carbamates (subject to hydrolysis) is 1. The summed E-state index contributed by atoms with van der Waals surface area (Å²) >= 11 is 0. The van der Waals surface area contributed by atoms with Crippen molar-refractivity contribution in [3.63, 3.8) is 0 Å². The first-order chi connectivity index (χ1) is 12.5. The van der Waals surface area contributed by atoms with Crippen LogP contribution in [0.2, 0.25) is 0 Å². The Labute approximate surface area is 151 Å². The van der Waals surface area contributed by atoms with E-state index < -0.39 is 18.1 Å². The standard InChI is InChI=1S/C18H22N2O6/c1-25-17(23)14(8-5-11-20-15(21)9-10-16(20)22)19-18(24)26-12-13-6-3-2-4-7-13/h2-4,6-7,14H,5,8-12H2,1H3,(H,19,24)/t14-/m0/s1. The molecule has 1 heterocycles. The Morgan fingerprint density at radius 1 is 1.15 bits per heavy atom. The molecule has 1 aromatic carbocycles. The van der Waals surface area contributed by atoms with Crippen molar-refractivity contribution < 1.29 is 28.7 Å². The maximum absolute atomic E-state index is 11.9. The third-order valence-electron chi connectivity index (χ3n) is 4.02. The van der Waals surface area contributed by atoms with Crippen LogP contribution in [-0.4, -0.2) is 48.5 Å². The Kier molecular flexibility index (Phi) is 7.13. The maximum atomic E-state index is 11.9. The van der Waals surface area contributed by atoms with E-state index in [1.165, 1.54) is 12.0 Å². The first-order valence-corrected chi connectivity index (χ1v) is 8.39. The summed E-state index contributed by atoms with van der Waals surface area (Å²) in [4.78, 5) is 48.1. The maximum Gasteiger partial charge on any atom is 0.408 e. The second-order valence-corrected chi connectivity index (χ2v) is 5.86. The van der Waals surface area contributed by atoms with Crippen molar-refractivity contribution in [1.29, 1.82) is 0 Å². The van der Waals surface area contributed by atoms with Crippen LogP contribution in [0, 0.1) is 0 Å². The number of hydrogen-bond acceptors (Lipinski definition) is 6. The molecule has 0 saturated carbocycles. The minimum atomic E-state index is -0.906. The molecule has 8 heteroatoms. The highest BCUT2D eigenvalue weighted by molar-refractivity contribution is 6.01. The first-order valence-electron chi connectivity index (χ1n) is 8.39. The van der Waals surface area contributed by atoms with Gasteiger partial charge in [-0.25, -0.2) is 9.59 Å². The third-order valence-corrected chi connectivity index (χ3v) is 4.02. The zero-order chi connectivity index (χ0) is 18.9. The highest BCUT2D eigenvalue weighted by Crippen LogP contribution is 2.13. The van der Waals surface area contributed by atoms with Crippen molar-refractivity contribution in [2.45, 2.75) is 38.3 Å². The first kappa shape index (κ1) is 19.4. The van der Waals surface area contributed by atoms with Crippen LogP contribution in [0.1, 0.15) is 31.2 Å². The molecular formula is C18H22N2O6. The Balaban J connectivity index is 1.80. The summed E-state index contributed by atoms with van der Waals surface area (Å²) in [6.07, 6.45) is 0.310. The average molecular weight is 362 g/mol. The minimum absolute atomic E-state index is 0.0807. The summed E-state index contributed by atoms with van der Waals surface area (Å²) < 4.78 is 9.77. The third kappa shape index (κ3) is 5.58. The van der Waals surface area contributed by atoms with Gasteiger partial charge in [0.2, 0.25) is 11.8 Å². The lowest BCUT2D eigenvalue weighted by molar-refractivity contribution is -0.143. The van der Waals surface area contributed by atoms with Crippen LogP contribution in [0.4, 0.5) is 4.79 Å². The van der Waals surface area contributed by atoms with E-state index in [9.17, 15) is 19.2 Å². The quantitative estimate of drug-likeness (QED) is 0.554. The van der Waals surface area contributed by atoms with E-state index in [2.05, 4.69) is 10.1 Å². The molecule has 0 aliphatic carbocycles. The van der Waals surface area contributed by atoms with Gasteiger partial charge in [-0.05, 0) is 18.4 Å². The van der Waals surface area contributed by atoms with Gasteiger partial charge in [0.05, 0.1) is 7.11 Å². The van der Waals surface area contributed by atoms with Gasteiger partial charge in [0.15, 0.2) is 0 Å². The van der Waals surface area contributed by atoms with Gasteiger partial charge in [0.1, 0.15) is 12.6 Å². The van der Waals surface area contributed by atoms with Crippen LogP contribution in [0.3, 0.4) is 0 Å². The zero-order valence-electron chi connectivity index (χ0n) is 14.6. The SMILES string of the molecule is COC(=O)[C@H](CCCN1C(=O)CCC1=O)NC(=O)OCc1ccccc1. The molecule has 0 spiro atoms. The van der Waals surface area contributed by atoms with Crippen molar-refractivity contribution in [2.24, 2.45) is 0 Å². The van der Waals surface area contributed by atoms with Crippen molar-refractivity contribution in [3.05, 3.63) is 35.9 Å². The van der Waals surface area contributed by atoms with Crippen molar-refractivity contribution in [2.75, 3.05) is 13.7 Å². The van der Waals surface area contributed by atoms with E-state index in [1.54, 1.807) is 0 Å². The molecule has 0 bridgehead atoms. The molecule has 1 N–H and O–H groups in total.